The number of aldehydes is 1. The van der Waals surface area contributed by atoms with Gasteiger partial charge in [-0.1, -0.05) is 0 Å². The van der Waals surface area contributed by atoms with Gasteiger partial charge in [0.1, 0.15) is 0 Å². The number of rotatable bonds is 2. The molecule has 0 spiro atoms. The Balaban J connectivity index is 3.20. The van der Waals surface area contributed by atoms with Gasteiger partial charge in [0.2, 0.25) is 0 Å². The predicted molar refractivity (Wildman–Crippen MR) is 39.3 cm³/mol. The smallest absolute Gasteiger partial charge is 0.266 e. The topological polar surface area (TPSA) is 30.0 Å². The quantitative estimate of drug-likeness (QED) is 0.638. The van der Waals surface area contributed by atoms with Gasteiger partial charge in [-0.05, 0) is 13.0 Å². The number of hydrogen-bond donors (Lipinski definition) is 0. The third-order valence-electron chi connectivity index (χ3n) is 1.47. The number of aryl methyl sites for hydroxylation is 1. The first-order valence-electron chi connectivity index (χ1n) is 3.35. The van der Waals surface area contributed by atoms with E-state index in [0.717, 1.165) is 6.20 Å². The molecule has 0 atom stereocenters. The van der Waals surface area contributed by atoms with Gasteiger partial charge >= 0.3 is 0 Å². The number of pyridine rings is 1. The van der Waals surface area contributed by atoms with Crippen molar-refractivity contribution in [3.8, 4) is 0 Å². The number of alkyl halides is 2. The standard InChI is InChI=1S/C8H7F2NO/c1-5-2-6(4-12)7(3-11-5)8(9)10/h2-4,8H,1H3. The Bertz CT molecular complexity index is 299. The maximum Gasteiger partial charge on any atom is 0.266 e. The first kappa shape index (κ1) is 8.77. The molecule has 0 aliphatic rings. The summed E-state index contributed by atoms with van der Waals surface area (Å²) >= 11 is 0. The fourth-order valence-corrected chi connectivity index (χ4v) is 0.876. The number of nitrogens with zero attached hydrogens (tertiary/aromatic N) is 1. The van der Waals surface area contributed by atoms with Crippen LogP contribution in [-0.2, 0) is 0 Å². The van der Waals surface area contributed by atoms with E-state index in [-0.39, 0.29) is 11.1 Å². The Labute approximate surface area is 68.2 Å². The first-order valence-corrected chi connectivity index (χ1v) is 3.35. The highest BCUT2D eigenvalue weighted by Crippen LogP contribution is 2.20. The van der Waals surface area contributed by atoms with Gasteiger partial charge < -0.3 is 0 Å². The molecule has 0 radical (unpaired) electrons. The summed E-state index contributed by atoms with van der Waals surface area (Å²) in [6, 6.07) is 1.34. The van der Waals surface area contributed by atoms with Gasteiger partial charge in [-0.3, -0.25) is 9.78 Å². The Morgan fingerprint density at radius 3 is 2.75 bits per heavy atom. The van der Waals surface area contributed by atoms with Crippen molar-refractivity contribution in [3.05, 3.63) is 29.1 Å². The Morgan fingerprint density at radius 2 is 2.25 bits per heavy atom. The lowest BCUT2D eigenvalue weighted by Gasteiger charge is -2.02. The highest BCUT2D eigenvalue weighted by atomic mass is 19.3. The second-order valence-electron chi connectivity index (χ2n) is 2.37. The molecule has 0 amide bonds. The average Bonchev–Trinajstić information content (AvgIpc) is 2.03. The molecular weight excluding hydrogens is 164 g/mol. The molecule has 1 rings (SSSR count). The van der Waals surface area contributed by atoms with E-state index in [0.29, 0.717) is 12.0 Å². The summed E-state index contributed by atoms with van der Waals surface area (Å²) in [6.45, 7) is 1.64. The van der Waals surface area contributed by atoms with E-state index in [2.05, 4.69) is 4.98 Å². The second-order valence-corrected chi connectivity index (χ2v) is 2.37. The van der Waals surface area contributed by atoms with Crippen LogP contribution in [0.2, 0.25) is 0 Å². The Hall–Kier alpha value is -1.32. The lowest BCUT2D eigenvalue weighted by Crippen LogP contribution is -1.95. The Morgan fingerprint density at radius 1 is 1.58 bits per heavy atom. The van der Waals surface area contributed by atoms with Gasteiger partial charge in [0.05, 0.1) is 0 Å². The number of aromatic nitrogens is 1. The summed E-state index contributed by atoms with van der Waals surface area (Å²) < 4.78 is 24.3. The fraction of sp³-hybridized carbons (Fsp3) is 0.250. The van der Waals surface area contributed by atoms with Crippen molar-refractivity contribution in [2.45, 2.75) is 13.3 Å². The van der Waals surface area contributed by atoms with Crippen LogP contribution in [-0.4, -0.2) is 11.3 Å². The van der Waals surface area contributed by atoms with Crippen LogP contribution < -0.4 is 0 Å². The van der Waals surface area contributed by atoms with E-state index in [9.17, 15) is 13.6 Å². The summed E-state index contributed by atoms with van der Waals surface area (Å²) in [5.41, 5.74) is 0.259. The van der Waals surface area contributed by atoms with Crippen LogP contribution in [0.25, 0.3) is 0 Å². The van der Waals surface area contributed by atoms with E-state index in [1.807, 2.05) is 0 Å². The maximum atomic E-state index is 12.1. The second kappa shape index (κ2) is 3.38. The third-order valence-corrected chi connectivity index (χ3v) is 1.47. The lowest BCUT2D eigenvalue weighted by molar-refractivity contribution is 0.110. The van der Waals surface area contributed by atoms with Gasteiger partial charge in [-0.25, -0.2) is 8.78 Å². The van der Waals surface area contributed by atoms with Crippen LogP contribution >= 0.6 is 0 Å². The maximum absolute atomic E-state index is 12.1. The molecule has 1 heterocycles. The zero-order chi connectivity index (χ0) is 9.14. The van der Waals surface area contributed by atoms with Crippen LogP contribution in [0.15, 0.2) is 12.3 Å². The largest absolute Gasteiger partial charge is 0.298 e. The minimum atomic E-state index is -2.64. The number of carbonyl (C=O) groups is 1. The van der Waals surface area contributed by atoms with Crippen LogP contribution in [0, 0.1) is 6.92 Å². The molecule has 0 saturated heterocycles. The van der Waals surface area contributed by atoms with Crippen LogP contribution in [0.1, 0.15) is 28.0 Å². The van der Waals surface area contributed by atoms with E-state index < -0.39 is 6.43 Å². The van der Waals surface area contributed by atoms with Gasteiger partial charge in [0.25, 0.3) is 6.43 Å². The van der Waals surface area contributed by atoms with Crippen molar-refractivity contribution in [2.24, 2.45) is 0 Å². The van der Waals surface area contributed by atoms with Gasteiger partial charge in [-0.2, -0.15) is 0 Å². The zero-order valence-corrected chi connectivity index (χ0v) is 6.42. The Kier molecular flexibility index (Phi) is 2.47. The van der Waals surface area contributed by atoms with Crippen molar-refractivity contribution < 1.29 is 13.6 Å². The molecule has 0 aliphatic heterocycles. The highest BCUT2D eigenvalue weighted by Gasteiger charge is 2.12. The summed E-state index contributed by atoms with van der Waals surface area (Å²) in [7, 11) is 0. The summed E-state index contributed by atoms with van der Waals surface area (Å²) in [5.74, 6) is 0. The highest BCUT2D eigenvalue weighted by molar-refractivity contribution is 5.77. The minimum Gasteiger partial charge on any atom is -0.298 e. The van der Waals surface area contributed by atoms with E-state index in [1.54, 1.807) is 6.92 Å². The van der Waals surface area contributed by atoms with Crippen LogP contribution in [0.4, 0.5) is 8.78 Å². The molecule has 12 heavy (non-hydrogen) atoms. The first-order chi connectivity index (χ1) is 5.65. The zero-order valence-electron chi connectivity index (χ0n) is 6.42. The molecule has 64 valence electrons. The number of carbonyl (C=O) groups excluding carboxylic acids is 1. The van der Waals surface area contributed by atoms with Crippen LogP contribution in [0.5, 0.6) is 0 Å². The fourth-order valence-electron chi connectivity index (χ4n) is 0.876. The van der Waals surface area contributed by atoms with E-state index in [4.69, 9.17) is 0 Å². The van der Waals surface area contributed by atoms with Crippen molar-refractivity contribution in [2.75, 3.05) is 0 Å². The summed E-state index contributed by atoms with van der Waals surface area (Å²) in [5, 5.41) is 0. The predicted octanol–water partition coefficient (Wildman–Crippen LogP) is 2.14. The molecule has 0 aliphatic carbocycles. The molecule has 0 N–H and O–H groups in total. The lowest BCUT2D eigenvalue weighted by atomic mass is 10.1. The summed E-state index contributed by atoms with van der Waals surface area (Å²) in [4.78, 5) is 14.0. The molecule has 1 aromatic heterocycles. The number of hydrogen-bond acceptors (Lipinski definition) is 2. The molecule has 0 aromatic carbocycles. The SMILES string of the molecule is Cc1cc(C=O)c(C(F)F)cn1. The van der Waals surface area contributed by atoms with Crippen molar-refractivity contribution in [3.63, 3.8) is 0 Å². The van der Waals surface area contributed by atoms with Gasteiger partial charge in [0.15, 0.2) is 6.29 Å². The number of halogens is 2. The average molecular weight is 171 g/mol. The molecular formula is C8H7F2NO. The van der Waals surface area contributed by atoms with Crippen molar-refractivity contribution in [1.29, 1.82) is 0 Å². The molecule has 1 aromatic rings. The monoisotopic (exact) mass is 171 g/mol. The van der Waals surface area contributed by atoms with E-state index >= 15 is 0 Å². The molecule has 0 unspecified atom stereocenters. The molecule has 0 saturated carbocycles. The summed E-state index contributed by atoms with van der Waals surface area (Å²) in [6.07, 6.45) is -1.20. The van der Waals surface area contributed by atoms with E-state index in [1.165, 1.54) is 6.07 Å². The van der Waals surface area contributed by atoms with Gasteiger partial charge in [0, 0.05) is 23.0 Å². The third kappa shape index (κ3) is 1.64. The van der Waals surface area contributed by atoms with Crippen LogP contribution in [0.3, 0.4) is 0 Å². The normalized spacial score (nSPS) is 10.3. The molecule has 2 nitrogen and oxygen atoms in total. The molecule has 0 bridgehead atoms. The minimum absolute atomic E-state index is 0.0116. The van der Waals surface area contributed by atoms with Crippen molar-refractivity contribution >= 4 is 6.29 Å². The molecule has 0 fully saturated rings. The van der Waals surface area contributed by atoms with Crippen molar-refractivity contribution in [1.82, 2.24) is 4.98 Å². The molecule has 4 heteroatoms. The van der Waals surface area contributed by atoms with Gasteiger partial charge in [-0.15, -0.1) is 0 Å².